The zero-order chi connectivity index (χ0) is 24.6. The highest BCUT2D eigenvalue weighted by atomic mass is 19.4. The zero-order valence-corrected chi connectivity index (χ0v) is 19.0. The van der Waals surface area contributed by atoms with Crippen molar-refractivity contribution in [2.45, 2.75) is 33.4 Å². The van der Waals surface area contributed by atoms with Crippen molar-refractivity contribution in [1.29, 1.82) is 0 Å². The maximum absolute atomic E-state index is 13.6. The Bertz CT molecular complexity index is 1310. The fourth-order valence-corrected chi connectivity index (χ4v) is 4.02. The lowest BCUT2D eigenvalue weighted by Gasteiger charge is -2.16. The quantitative estimate of drug-likeness (QED) is 0.452. The average Bonchev–Trinajstić information content (AvgIpc) is 3.03. The molecule has 0 bridgehead atoms. The minimum absolute atomic E-state index is 0.0594. The first-order valence-corrected chi connectivity index (χ1v) is 10.8. The first-order chi connectivity index (χ1) is 16.1. The van der Waals surface area contributed by atoms with E-state index in [-0.39, 0.29) is 17.0 Å². The topological polar surface area (TPSA) is 49.4 Å². The van der Waals surface area contributed by atoms with Crippen molar-refractivity contribution >= 4 is 28.8 Å². The molecule has 4 rings (SSSR count). The number of aryl methyl sites for hydroxylation is 3. The number of nitrogens with zero attached hydrogens (tertiary/aromatic N) is 1. The Hall–Kier alpha value is -3.87. The van der Waals surface area contributed by atoms with E-state index < -0.39 is 23.6 Å². The first-order valence-electron chi connectivity index (χ1n) is 10.8. The summed E-state index contributed by atoms with van der Waals surface area (Å²) in [6.07, 6.45) is -3.73. The van der Waals surface area contributed by atoms with Crippen molar-refractivity contribution < 1.29 is 22.8 Å². The Balaban J connectivity index is 1.83. The number of anilines is 2. The van der Waals surface area contributed by atoms with Gasteiger partial charge in [0.2, 0.25) is 0 Å². The number of carbonyl (C=O) groups excluding carboxylic acids is 2. The van der Waals surface area contributed by atoms with Crippen LogP contribution >= 0.6 is 0 Å². The summed E-state index contributed by atoms with van der Waals surface area (Å²) in [4.78, 5) is 28.1. The molecule has 174 valence electrons. The number of hydrogen-bond acceptors (Lipinski definition) is 3. The molecule has 7 heteroatoms. The number of halogens is 3. The fourth-order valence-electron chi connectivity index (χ4n) is 4.02. The van der Waals surface area contributed by atoms with Crippen LogP contribution in [-0.4, -0.2) is 11.8 Å². The normalized spacial score (nSPS) is 14.2. The third-order valence-electron chi connectivity index (χ3n) is 5.80. The summed E-state index contributed by atoms with van der Waals surface area (Å²) in [5, 5.41) is 2.81. The predicted molar refractivity (Wildman–Crippen MR) is 126 cm³/mol. The number of alkyl halides is 3. The van der Waals surface area contributed by atoms with Gasteiger partial charge in [0, 0.05) is 5.69 Å². The molecule has 0 saturated heterocycles. The van der Waals surface area contributed by atoms with E-state index in [1.165, 1.54) is 12.1 Å². The molecule has 34 heavy (non-hydrogen) atoms. The molecule has 4 nitrogen and oxygen atoms in total. The van der Waals surface area contributed by atoms with Crippen LogP contribution in [0.2, 0.25) is 0 Å². The standard InChI is InChI=1S/C27H23F3N2O2/c1-4-18-9-11-21(12-10-18)32-25(33)23(22-13-8-16(2)14-17(22)3)24(26(32)34)31-20-7-5-6-19(15-20)27(28,29)30/h5-15,31H,4H2,1-3H3. The zero-order valence-electron chi connectivity index (χ0n) is 19.0. The Kier molecular flexibility index (Phi) is 6.04. The Morgan fingerprint density at radius 3 is 2.21 bits per heavy atom. The van der Waals surface area contributed by atoms with E-state index in [1.54, 1.807) is 18.2 Å². The van der Waals surface area contributed by atoms with Crippen LogP contribution in [0.5, 0.6) is 0 Å². The summed E-state index contributed by atoms with van der Waals surface area (Å²) in [5.41, 5.74) is 3.04. The summed E-state index contributed by atoms with van der Waals surface area (Å²) in [6.45, 7) is 5.74. The summed E-state index contributed by atoms with van der Waals surface area (Å²) in [5.74, 6) is -1.16. The Morgan fingerprint density at radius 1 is 0.882 bits per heavy atom. The highest BCUT2D eigenvalue weighted by Crippen LogP contribution is 2.36. The molecule has 0 atom stereocenters. The molecule has 0 aliphatic carbocycles. The van der Waals surface area contributed by atoms with Gasteiger partial charge in [-0.15, -0.1) is 0 Å². The van der Waals surface area contributed by atoms with Gasteiger partial charge in [0.25, 0.3) is 11.8 Å². The second-order valence-electron chi connectivity index (χ2n) is 8.24. The van der Waals surface area contributed by atoms with Gasteiger partial charge in [0.15, 0.2) is 0 Å². The van der Waals surface area contributed by atoms with Crippen molar-refractivity contribution in [1.82, 2.24) is 0 Å². The number of benzene rings is 3. The number of imide groups is 1. The second kappa shape index (κ2) is 8.82. The molecule has 2 amide bonds. The number of rotatable bonds is 5. The molecule has 0 unspecified atom stereocenters. The van der Waals surface area contributed by atoms with Gasteiger partial charge in [-0.2, -0.15) is 13.2 Å². The van der Waals surface area contributed by atoms with E-state index in [0.29, 0.717) is 11.3 Å². The number of amides is 2. The molecular weight excluding hydrogens is 441 g/mol. The fraction of sp³-hybridized carbons (Fsp3) is 0.185. The lowest BCUT2D eigenvalue weighted by molar-refractivity contribution is -0.137. The molecule has 1 heterocycles. The monoisotopic (exact) mass is 464 g/mol. The maximum atomic E-state index is 13.6. The molecule has 1 aliphatic heterocycles. The van der Waals surface area contributed by atoms with Gasteiger partial charge in [-0.1, -0.05) is 48.9 Å². The van der Waals surface area contributed by atoms with Gasteiger partial charge in [-0.05, 0) is 67.3 Å². The summed E-state index contributed by atoms with van der Waals surface area (Å²) >= 11 is 0. The van der Waals surface area contributed by atoms with Crippen LogP contribution in [0.3, 0.4) is 0 Å². The van der Waals surface area contributed by atoms with Gasteiger partial charge in [-0.3, -0.25) is 9.59 Å². The summed E-state index contributed by atoms with van der Waals surface area (Å²) in [6, 6.07) is 17.1. The third-order valence-corrected chi connectivity index (χ3v) is 5.80. The van der Waals surface area contributed by atoms with Crippen LogP contribution in [0.25, 0.3) is 5.57 Å². The predicted octanol–water partition coefficient (Wildman–Crippen LogP) is 6.28. The number of hydrogen-bond donors (Lipinski definition) is 1. The minimum Gasteiger partial charge on any atom is -0.350 e. The first kappa shape index (κ1) is 23.3. The second-order valence-corrected chi connectivity index (χ2v) is 8.24. The SMILES string of the molecule is CCc1ccc(N2C(=O)C(Nc3cccc(C(F)(F)F)c3)=C(c3ccc(C)cc3C)C2=O)cc1. The van der Waals surface area contributed by atoms with E-state index in [2.05, 4.69) is 5.32 Å². The van der Waals surface area contributed by atoms with Gasteiger partial charge < -0.3 is 5.32 Å². The molecule has 0 saturated carbocycles. The average molecular weight is 464 g/mol. The summed E-state index contributed by atoms with van der Waals surface area (Å²) < 4.78 is 39.7. The van der Waals surface area contributed by atoms with Gasteiger partial charge >= 0.3 is 6.18 Å². The number of nitrogens with one attached hydrogen (secondary N) is 1. The molecule has 1 aliphatic rings. The largest absolute Gasteiger partial charge is 0.416 e. The molecule has 0 radical (unpaired) electrons. The Labute approximate surface area is 195 Å². The number of carbonyl (C=O) groups is 2. The van der Waals surface area contributed by atoms with Crippen LogP contribution in [-0.2, 0) is 22.2 Å². The van der Waals surface area contributed by atoms with E-state index in [0.717, 1.165) is 40.1 Å². The van der Waals surface area contributed by atoms with Crippen LogP contribution in [0, 0.1) is 13.8 Å². The highest BCUT2D eigenvalue weighted by Gasteiger charge is 2.41. The van der Waals surface area contributed by atoms with Gasteiger partial charge in [-0.25, -0.2) is 4.90 Å². The lowest BCUT2D eigenvalue weighted by Crippen LogP contribution is -2.32. The van der Waals surface area contributed by atoms with Crippen LogP contribution < -0.4 is 10.2 Å². The van der Waals surface area contributed by atoms with Crippen LogP contribution in [0.4, 0.5) is 24.5 Å². The molecule has 3 aromatic rings. The van der Waals surface area contributed by atoms with Crippen molar-refractivity contribution in [3.05, 3.63) is 100 Å². The Morgan fingerprint density at radius 2 is 1.59 bits per heavy atom. The lowest BCUT2D eigenvalue weighted by atomic mass is 9.97. The third kappa shape index (κ3) is 4.33. The smallest absolute Gasteiger partial charge is 0.350 e. The molecule has 0 fully saturated rings. The molecule has 0 spiro atoms. The van der Waals surface area contributed by atoms with Gasteiger partial charge in [0.1, 0.15) is 5.70 Å². The minimum atomic E-state index is -4.54. The van der Waals surface area contributed by atoms with Crippen molar-refractivity contribution in [3.8, 4) is 0 Å². The van der Waals surface area contributed by atoms with Crippen LogP contribution in [0.1, 0.15) is 34.7 Å². The van der Waals surface area contributed by atoms with E-state index in [4.69, 9.17) is 0 Å². The van der Waals surface area contributed by atoms with E-state index in [9.17, 15) is 22.8 Å². The summed E-state index contributed by atoms with van der Waals surface area (Å²) in [7, 11) is 0. The van der Waals surface area contributed by atoms with Crippen molar-refractivity contribution in [2.75, 3.05) is 10.2 Å². The maximum Gasteiger partial charge on any atom is 0.416 e. The highest BCUT2D eigenvalue weighted by molar-refractivity contribution is 6.46. The van der Waals surface area contributed by atoms with E-state index in [1.807, 2.05) is 45.0 Å². The molecule has 0 aromatic heterocycles. The molecular formula is C27H23F3N2O2. The van der Waals surface area contributed by atoms with Gasteiger partial charge in [0.05, 0.1) is 16.8 Å². The molecule has 1 N–H and O–H groups in total. The van der Waals surface area contributed by atoms with E-state index >= 15 is 0 Å². The van der Waals surface area contributed by atoms with Crippen molar-refractivity contribution in [2.24, 2.45) is 0 Å². The molecule has 3 aromatic carbocycles. The van der Waals surface area contributed by atoms with Crippen LogP contribution in [0.15, 0.2) is 72.4 Å². The van der Waals surface area contributed by atoms with Crippen molar-refractivity contribution in [3.63, 3.8) is 0 Å².